The highest BCUT2D eigenvalue weighted by Crippen LogP contribution is 2.22. The van der Waals surface area contributed by atoms with Gasteiger partial charge in [-0.15, -0.1) is 0 Å². The van der Waals surface area contributed by atoms with Crippen molar-refractivity contribution in [2.45, 2.75) is 59.1 Å². The molecule has 1 amide bonds. The normalized spacial score (nSPS) is 14.1. The van der Waals surface area contributed by atoms with Crippen molar-refractivity contribution >= 4 is 11.9 Å². The fourth-order valence-corrected chi connectivity index (χ4v) is 1.45. The summed E-state index contributed by atoms with van der Waals surface area (Å²) < 4.78 is 5.18. The lowest BCUT2D eigenvalue weighted by Crippen LogP contribution is -2.46. The second-order valence-corrected chi connectivity index (χ2v) is 6.22. The SMILES string of the molecule is COC(C)(C)CC(=O)NC(CC(=O)O)C(C)(C)C. The lowest BCUT2D eigenvalue weighted by atomic mass is 9.84. The van der Waals surface area contributed by atoms with Crippen LogP contribution in [-0.2, 0) is 14.3 Å². The monoisotopic (exact) mass is 259 g/mol. The second kappa shape index (κ2) is 6.18. The van der Waals surface area contributed by atoms with Gasteiger partial charge >= 0.3 is 5.97 Å². The van der Waals surface area contributed by atoms with Crippen LogP contribution in [0.5, 0.6) is 0 Å². The molecule has 0 aromatic carbocycles. The third kappa shape index (κ3) is 6.59. The molecule has 0 aromatic rings. The summed E-state index contributed by atoms with van der Waals surface area (Å²) in [6.07, 6.45) is 0.123. The van der Waals surface area contributed by atoms with E-state index in [0.29, 0.717) is 0 Å². The molecule has 0 aliphatic rings. The van der Waals surface area contributed by atoms with Crippen LogP contribution >= 0.6 is 0 Å². The molecule has 5 heteroatoms. The van der Waals surface area contributed by atoms with Crippen molar-refractivity contribution in [3.05, 3.63) is 0 Å². The molecule has 0 rings (SSSR count). The fraction of sp³-hybridized carbons (Fsp3) is 0.846. The molecule has 0 radical (unpaired) electrons. The number of hydrogen-bond donors (Lipinski definition) is 2. The molecule has 0 bridgehead atoms. The van der Waals surface area contributed by atoms with Crippen molar-refractivity contribution in [3.8, 4) is 0 Å². The number of rotatable bonds is 6. The Morgan fingerprint density at radius 1 is 1.22 bits per heavy atom. The number of carbonyl (C=O) groups excluding carboxylic acids is 1. The third-order valence-corrected chi connectivity index (χ3v) is 2.90. The number of ether oxygens (including phenoxy) is 1. The second-order valence-electron chi connectivity index (χ2n) is 6.22. The highest BCUT2D eigenvalue weighted by atomic mass is 16.5. The van der Waals surface area contributed by atoms with Crippen molar-refractivity contribution in [1.82, 2.24) is 5.32 Å². The molecule has 0 spiro atoms. The van der Waals surface area contributed by atoms with Gasteiger partial charge in [-0.05, 0) is 19.3 Å². The molecule has 106 valence electrons. The molecule has 0 aliphatic carbocycles. The smallest absolute Gasteiger partial charge is 0.305 e. The van der Waals surface area contributed by atoms with Gasteiger partial charge in [0.2, 0.25) is 5.91 Å². The van der Waals surface area contributed by atoms with Gasteiger partial charge in [0.1, 0.15) is 0 Å². The van der Waals surface area contributed by atoms with Crippen molar-refractivity contribution in [3.63, 3.8) is 0 Å². The van der Waals surface area contributed by atoms with E-state index in [9.17, 15) is 9.59 Å². The predicted molar refractivity (Wildman–Crippen MR) is 69.3 cm³/mol. The number of amides is 1. The van der Waals surface area contributed by atoms with E-state index in [1.54, 1.807) is 7.11 Å². The first-order valence-corrected chi connectivity index (χ1v) is 6.04. The molecule has 1 unspecified atom stereocenters. The van der Waals surface area contributed by atoms with E-state index < -0.39 is 17.6 Å². The van der Waals surface area contributed by atoms with E-state index in [2.05, 4.69) is 5.32 Å². The van der Waals surface area contributed by atoms with Crippen LogP contribution in [0.4, 0.5) is 0 Å². The largest absolute Gasteiger partial charge is 0.481 e. The molecule has 18 heavy (non-hydrogen) atoms. The number of carboxylic acids is 1. The van der Waals surface area contributed by atoms with E-state index >= 15 is 0 Å². The van der Waals surface area contributed by atoms with Crippen molar-refractivity contribution in [2.24, 2.45) is 5.41 Å². The van der Waals surface area contributed by atoms with E-state index in [1.807, 2.05) is 34.6 Å². The Balaban J connectivity index is 4.60. The van der Waals surface area contributed by atoms with Gasteiger partial charge in [0, 0.05) is 13.2 Å². The number of carbonyl (C=O) groups is 2. The lowest BCUT2D eigenvalue weighted by Gasteiger charge is -2.31. The molecule has 0 aliphatic heterocycles. The summed E-state index contributed by atoms with van der Waals surface area (Å²) in [5.41, 5.74) is -0.846. The van der Waals surface area contributed by atoms with Crippen LogP contribution in [0.25, 0.3) is 0 Å². The van der Waals surface area contributed by atoms with Crippen molar-refractivity contribution in [2.75, 3.05) is 7.11 Å². The Kier molecular flexibility index (Phi) is 5.80. The molecule has 1 atom stereocenters. The maximum atomic E-state index is 11.9. The molecule has 0 saturated heterocycles. The molecular weight excluding hydrogens is 234 g/mol. The summed E-state index contributed by atoms with van der Waals surface area (Å²) in [5.74, 6) is -1.11. The highest BCUT2D eigenvalue weighted by Gasteiger charge is 2.30. The van der Waals surface area contributed by atoms with Gasteiger partial charge in [-0.2, -0.15) is 0 Å². The molecule has 0 saturated carbocycles. The van der Waals surface area contributed by atoms with E-state index in [4.69, 9.17) is 9.84 Å². The van der Waals surface area contributed by atoms with Gasteiger partial charge in [-0.1, -0.05) is 20.8 Å². The van der Waals surface area contributed by atoms with Gasteiger partial charge in [-0.25, -0.2) is 0 Å². The summed E-state index contributed by atoms with van der Waals surface area (Å²) >= 11 is 0. The Morgan fingerprint density at radius 3 is 2.06 bits per heavy atom. The predicted octanol–water partition coefficient (Wildman–Crippen LogP) is 1.81. The molecule has 0 aromatic heterocycles. The van der Waals surface area contributed by atoms with Crippen molar-refractivity contribution < 1.29 is 19.4 Å². The summed E-state index contributed by atoms with van der Waals surface area (Å²) in [7, 11) is 1.55. The molecular formula is C13H25NO4. The number of methoxy groups -OCH3 is 1. The number of nitrogens with one attached hydrogen (secondary N) is 1. The fourth-order valence-electron chi connectivity index (χ4n) is 1.45. The zero-order chi connectivity index (χ0) is 14.6. The first-order valence-electron chi connectivity index (χ1n) is 6.04. The topological polar surface area (TPSA) is 75.6 Å². The maximum Gasteiger partial charge on any atom is 0.305 e. The van der Waals surface area contributed by atoms with E-state index in [-0.39, 0.29) is 24.2 Å². The lowest BCUT2D eigenvalue weighted by molar-refractivity contribution is -0.138. The number of hydrogen-bond acceptors (Lipinski definition) is 3. The van der Waals surface area contributed by atoms with E-state index in [0.717, 1.165) is 0 Å². The van der Waals surface area contributed by atoms with Crippen LogP contribution in [0.15, 0.2) is 0 Å². The number of aliphatic carboxylic acids is 1. The standard InChI is InChI=1S/C13H25NO4/c1-12(2,3)9(7-11(16)17)14-10(15)8-13(4,5)18-6/h9H,7-8H2,1-6H3,(H,14,15)(H,16,17). The first kappa shape index (κ1) is 16.9. The van der Waals surface area contributed by atoms with E-state index in [1.165, 1.54) is 0 Å². The zero-order valence-corrected chi connectivity index (χ0v) is 12.2. The summed E-state index contributed by atoms with van der Waals surface area (Å²) in [6, 6.07) is -0.393. The Bertz CT molecular complexity index is 305. The summed E-state index contributed by atoms with van der Waals surface area (Å²) in [5, 5.41) is 11.6. The van der Waals surface area contributed by atoms with Crippen LogP contribution in [0.1, 0.15) is 47.5 Å². The first-order chi connectivity index (χ1) is 7.98. The minimum absolute atomic E-state index is 0.0807. The zero-order valence-electron chi connectivity index (χ0n) is 12.2. The average Bonchev–Trinajstić information content (AvgIpc) is 2.13. The van der Waals surface area contributed by atoms with Gasteiger partial charge in [0.05, 0.1) is 18.4 Å². The number of carboxylic acid groups (broad SMARTS) is 1. The van der Waals surface area contributed by atoms with Crippen LogP contribution in [-0.4, -0.2) is 35.7 Å². The van der Waals surface area contributed by atoms with Gasteiger partial charge in [0.25, 0.3) is 0 Å². The summed E-state index contributed by atoms with van der Waals surface area (Å²) in [4.78, 5) is 22.7. The highest BCUT2D eigenvalue weighted by molar-refractivity contribution is 5.78. The van der Waals surface area contributed by atoms with Gasteiger partial charge in [-0.3, -0.25) is 9.59 Å². The van der Waals surface area contributed by atoms with Gasteiger partial charge < -0.3 is 15.2 Å². The van der Waals surface area contributed by atoms with Crippen LogP contribution in [0, 0.1) is 5.41 Å². The minimum Gasteiger partial charge on any atom is -0.481 e. The molecule has 5 nitrogen and oxygen atoms in total. The third-order valence-electron chi connectivity index (χ3n) is 2.90. The Labute approximate surface area is 109 Å². The molecule has 0 fully saturated rings. The minimum atomic E-state index is -0.916. The Morgan fingerprint density at radius 2 is 1.72 bits per heavy atom. The molecule has 2 N–H and O–H groups in total. The van der Waals surface area contributed by atoms with Crippen molar-refractivity contribution in [1.29, 1.82) is 0 Å². The van der Waals surface area contributed by atoms with Crippen LogP contribution in [0.2, 0.25) is 0 Å². The Hall–Kier alpha value is -1.10. The van der Waals surface area contributed by atoms with Crippen LogP contribution in [0.3, 0.4) is 0 Å². The quantitative estimate of drug-likeness (QED) is 0.762. The molecule has 0 heterocycles. The van der Waals surface area contributed by atoms with Gasteiger partial charge in [0.15, 0.2) is 0 Å². The maximum absolute atomic E-state index is 11.9. The average molecular weight is 259 g/mol. The van der Waals surface area contributed by atoms with Crippen LogP contribution < -0.4 is 5.32 Å². The summed E-state index contributed by atoms with van der Waals surface area (Å²) in [6.45, 7) is 9.35.